The van der Waals surface area contributed by atoms with Gasteiger partial charge >= 0.3 is 0 Å². The van der Waals surface area contributed by atoms with E-state index < -0.39 is 0 Å². The van der Waals surface area contributed by atoms with Crippen LogP contribution < -0.4 is 4.90 Å². The van der Waals surface area contributed by atoms with E-state index in [9.17, 15) is 5.11 Å². The van der Waals surface area contributed by atoms with Crippen LogP contribution in [0.1, 0.15) is 24.1 Å². The lowest BCUT2D eigenvalue weighted by atomic mass is 10.1. The largest absolute Gasteiger partial charge is 0.508 e. The van der Waals surface area contributed by atoms with Crippen molar-refractivity contribution in [1.82, 2.24) is 19.9 Å². The Labute approximate surface area is 186 Å². The van der Waals surface area contributed by atoms with Gasteiger partial charge < -0.3 is 14.7 Å². The molecule has 0 unspecified atom stereocenters. The van der Waals surface area contributed by atoms with E-state index in [1.807, 2.05) is 12.1 Å². The first-order valence-corrected chi connectivity index (χ1v) is 11.8. The number of hydrogen-bond acceptors (Lipinski definition) is 8. The Balaban J connectivity index is 1.47. The van der Waals surface area contributed by atoms with E-state index in [0.717, 1.165) is 30.1 Å². The van der Waals surface area contributed by atoms with Gasteiger partial charge in [-0.1, -0.05) is 18.6 Å². The molecule has 1 N–H and O–H groups in total. The van der Waals surface area contributed by atoms with Gasteiger partial charge in [0, 0.05) is 30.1 Å². The maximum absolute atomic E-state index is 9.94. The lowest BCUT2D eigenvalue weighted by molar-refractivity contribution is 0.122. The Morgan fingerprint density at radius 2 is 1.71 bits per heavy atom. The van der Waals surface area contributed by atoms with E-state index in [1.165, 1.54) is 37.2 Å². The number of aromatic nitrogens is 3. The summed E-state index contributed by atoms with van der Waals surface area (Å²) in [6.45, 7) is 6.21. The summed E-state index contributed by atoms with van der Waals surface area (Å²) in [4.78, 5) is 21.4. The van der Waals surface area contributed by atoms with Crippen molar-refractivity contribution in [3.05, 3.63) is 41.3 Å². The molecule has 0 radical (unpaired) electrons. The van der Waals surface area contributed by atoms with Crippen LogP contribution in [0.3, 0.4) is 0 Å². The number of rotatable bonds is 5. The number of hydrogen-bond donors (Lipinski definition) is 1. The van der Waals surface area contributed by atoms with E-state index in [2.05, 4.69) is 21.9 Å². The van der Waals surface area contributed by atoms with Crippen molar-refractivity contribution in [1.29, 1.82) is 0 Å². The molecule has 0 saturated carbocycles. The molecule has 1 aromatic carbocycles. The van der Waals surface area contributed by atoms with Crippen LogP contribution in [0.25, 0.3) is 22.1 Å². The maximum atomic E-state index is 9.94. The predicted molar refractivity (Wildman–Crippen MR) is 122 cm³/mol. The van der Waals surface area contributed by atoms with Gasteiger partial charge in [-0.15, -0.1) is 11.3 Å². The monoisotopic (exact) mass is 437 g/mol. The Kier molecular flexibility index (Phi) is 6.11. The number of likely N-dealkylation sites (tertiary alicyclic amines) is 1. The fraction of sp³-hybridized carbons (Fsp3) is 0.435. The summed E-state index contributed by atoms with van der Waals surface area (Å²) in [6.07, 6.45) is 3.93. The lowest BCUT2D eigenvalue weighted by Crippen LogP contribution is -2.37. The molecular formula is C23H27N5O2S. The lowest BCUT2D eigenvalue weighted by Gasteiger charge is -2.27. The van der Waals surface area contributed by atoms with Crippen LogP contribution >= 0.6 is 11.3 Å². The van der Waals surface area contributed by atoms with E-state index in [1.54, 1.807) is 23.5 Å². The molecule has 4 heterocycles. The Morgan fingerprint density at radius 1 is 0.903 bits per heavy atom. The van der Waals surface area contributed by atoms with Crippen LogP contribution in [0.4, 0.5) is 5.95 Å². The van der Waals surface area contributed by atoms with Gasteiger partial charge in [0.1, 0.15) is 5.75 Å². The summed E-state index contributed by atoms with van der Waals surface area (Å²) in [5.41, 5.74) is 0.781. The number of nitrogens with zero attached hydrogens (tertiary/aromatic N) is 5. The van der Waals surface area contributed by atoms with Gasteiger partial charge in [-0.25, -0.2) is 4.98 Å². The Bertz CT molecular complexity index is 1030. The number of piperidine rings is 1. The number of anilines is 1. The number of thiophene rings is 1. The van der Waals surface area contributed by atoms with Gasteiger partial charge in [-0.3, -0.25) is 4.90 Å². The average molecular weight is 438 g/mol. The Morgan fingerprint density at radius 3 is 2.52 bits per heavy atom. The quantitative estimate of drug-likeness (QED) is 0.651. The highest BCUT2D eigenvalue weighted by Gasteiger charge is 2.19. The first kappa shape index (κ1) is 20.4. The Hall–Kier alpha value is -2.55. The predicted octanol–water partition coefficient (Wildman–Crippen LogP) is 3.80. The van der Waals surface area contributed by atoms with Crippen molar-refractivity contribution in [2.45, 2.75) is 25.8 Å². The molecule has 3 aromatic rings. The molecule has 31 heavy (non-hydrogen) atoms. The minimum absolute atomic E-state index is 0.201. The van der Waals surface area contributed by atoms with Gasteiger partial charge in [-0.05, 0) is 50.2 Å². The SMILES string of the molecule is Oc1cccc(-c2nc(-c3ccc(CN4CCCCC4)s3)nc(N3CCOCC3)n2)c1. The van der Waals surface area contributed by atoms with Gasteiger partial charge in [0.05, 0.1) is 18.1 Å². The van der Waals surface area contributed by atoms with Crippen LogP contribution in [0.5, 0.6) is 5.75 Å². The molecule has 0 aliphatic carbocycles. The van der Waals surface area contributed by atoms with Gasteiger partial charge in [0.15, 0.2) is 11.6 Å². The van der Waals surface area contributed by atoms with E-state index in [0.29, 0.717) is 30.8 Å². The van der Waals surface area contributed by atoms with Crippen LogP contribution in [-0.2, 0) is 11.3 Å². The first-order valence-electron chi connectivity index (χ1n) is 10.9. The third kappa shape index (κ3) is 4.87. The minimum atomic E-state index is 0.201. The third-order valence-corrected chi connectivity index (χ3v) is 6.80. The molecule has 2 aromatic heterocycles. The van der Waals surface area contributed by atoms with Gasteiger partial charge in [0.2, 0.25) is 5.95 Å². The van der Waals surface area contributed by atoms with Gasteiger partial charge in [0.25, 0.3) is 0 Å². The number of ether oxygens (including phenoxy) is 1. The number of morpholine rings is 1. The molecule has 162 valence electrons. The third-order valence-electron chi connectivity index (χ3n) is 5.73. The molecular weight excluding hydrogens is 410 g/mol. The molecule has 5 rings (SSSR count). The molecule has 0 atom stereocenters. The second-order valence-electron chi connectivity index (χ2n) is 8.04. The topological polar surface area (TPSA) is 74.6 Å². The van der Waals surface area contributed by atoms with E-state index >= 15 is 0 Å². The molecule has 0 bridgehead atoms. The summed E-state index contributed by atoms with van der Waals surface area (Å²) in [7, 11) is 0. The molecule has 0 amide bonds. The van der Waals surface area contributed by atoms with Crippen LogP contribution in [-0.4, -0.2) is 64.4 Å². The highest BCUT2D eigenvalue weighted by Crippen LogP contribution is 2.30. The standard InChI is InChI=1S/C23H27N5O2S/c29-18-6-4-5-17(15-18)21-24-22(26-23(25-21)28-11-13-30-14-12-28)20-8-7-19(31-20)16-27-9-2-1-3-10-27/h4-8,15,29H,1-3,9-14,16H2. The molecule has 7 nitrogen and oxygen atoms in total. The zero-order valence-corrected chi connectivity index (χ0v) is 18.4. The first-order chi connectivity index (χ1) is 15.2. The summed E-state index contributed by atoms with van der Waals surface area (Å²) < 4.78 is 5.49. The fourth-order valence-electron chi connectivity index (χ4n) is 4.07. The van der Waals surface area contributed by atoms with Crippen molar-refractivity contribution in [3.63, 3.8) is 0 Å². The number of phenolic OH excluding ortho intramolecular Hbond substituents is 1. The summed E-state index contributed by atoms with van der Waals surface area (Å²) in [5.74, 6) is 2.13. The highest BCUT2D eigenvalue weighted by atomic mass is 32.1. The van der Waals surface area contributed by atoms with Crippen LogP contribution in [0.2, 0.25) is 0 Å². The second-order valence-corrected chi connectivity index (χ2v) is 9.20. The van der Waals surface area contributed by atoms with Crippen molar-refractivity contribution < 1.29 is 9.84 Å². The molecule has 2 aliphatic rings. The summed E-state index contributed by atoms with van der Waals surface area (Å²) >= 11 is 1.75. The molecule has 8 heteroatoms. The van der Waals surface area contributed by atoms with Gasteiger partial charge in [-0.2, -0.15) is 9.97 Å². The average Bonchev–Trinajstić information content (AvgIpc) is 3.28. The van der Waals surface area contributed by atoms with Crippen molar-refractivity contribution in [3.8, 4) is 27.8 Å². The normalized spacial score (nSPS) is 17.7. The zero-order valence-electron chi connectivity index (χ0n) is 17.5. The molecule has 0 spiro atoms. The minimum Gasteiger partial charge on any atom is -0.508 e. The number of benzene rings is 1. The summed E-state index contributed by atoms with van der Waals surface area (Å²) in [5, 5.41) is 9.94. The maximum Gasteiger partial charge on any atom is 0.229 e. The number of aromatic hydroxyl groups is 1. The fourth-order valence-corrected chi connectivity index (χ4v) is 5.06. The molecule has 2 saturated heterocycles. The smallest absolute Gasteiger partial charge is 0.229 e. The van der Waals surface area contributed by atoms with Crippen molar-refractivity contribution >= 4 is 17.3 Å². The number of phenols is 1. The second kappa shape index (κ2) is 9.30. The summed E-state index contributed by atoms with van der Waals surface area (Å²) in [6, 6.07) is 11.4. The van der Waals surface area contributed by atoms with Crippen molar-refractivity contribution in [2.75, 3.05) is 44.3 Å². The highest BCUT2D eigenvalue weighted by molar-refractivity contribution is 7.15. The van der Waals surface area contributed by atoms with E-state index in [-0.39, 0.29) is 5.75 Å². The molecule has 2 aliphatic heterocycles. The van der Waals surface area contributed by atoms with E-state index in [4.69, 9.17) is 19.7 Å². The van der Waals surface area contributed by atoms with Crippen molar-refractivity contribution in [2.24, 2.45) is 0 Å². The van der Waals surface area contributed by atoms with Crippen LogP contribution in [0, 0.1) is 0 Å². The van der Waals surface area contributed by atoms with Crippen LogP contribution in [0.15, 0.2) is 36.4 Å². The molecule has 2 fully saturated rings. The zero-order chi connectivity index (χ0) is 21.0.